The van der Waals surface area contributed by atoms with E-state index >= 15 is 0 Å². The van der Waals surface area contributed by atoms with Crippen molar-refractivity contribution < 1.29 is 4.21 Å². The topological polar surface area (TPSA) is 72.9 Å². The first kappa shape index (κ1) is 13.0. The fraction of sp³-hybridized carbons (Fsp3) is 0.700. The van der Waals surface area contributed by atoms with Crippen LogP contribution in [-0.4, -0.2) is 32.5 Å². The Hall–Kier alpha value is -1.04. The highest BCUT2D eigenvalue weighted by Gasteiger charge is 2.11. The summed E-state index contributed by atoms with van der Waals surface area (Å²) in [6.07, 6.45) is 2.70. The van der Waals surface area contributed by atoms with Gasteiger partial charge < -0.3 is 11.1 Å². The first-order valence-corrected chi connectivity index (χ1v) is 7.15. The molecule has 1 rings (SSSR count). The van der Waals surface area contributed by atoms with Crippen LogP contribution in [0.5, 0.6) is 0 Å². The van der Waals surface area contributed by atoms with E-state index in [0.29, 0.717) is 18.0 Å². The predicted octanol–water partition coefficient (Wildman–Crippen LogP) is 0.974. The SMILES string of the molecule is CCCn1nc(C)c(N)c1NCCS(C)=O. The molecular formula is C10H20N4OS. The molecule has 1 atom stereocenters. The minimum Gasteiger partial charge on any atom is -0.394 e. The predicted molar refractivity (Wildman–Crippen MR) is 69.1 cm³/mol. The largest absolute Gasteiger partial charge is 0.394 e. The Morgan fingerprint density at radius 3 is 2.81 bits per heavy atom. The number of nitrogen functional groups attached to an aromatic ring is 1. The number of anilines is 2. The average molecular weight is 244 g/mol. The molecule has 0 aliphatic heterocycles. The van der Waals surface area contributed by atoms with Gasteiger partial charge in [-0.25, -0.2) is 4.68 Å². The molecule has 0 aliphatic carbocycles. The van der Waals surface area contributed by atoms with E-state index in [0.717, 1.165) is 24.5 Å². The van der Waals surface area contributed by atoms with Gasteiger partial charge in [-0.1, -0.05) is 6.92 Å². The molecule has 0 aliphatic rings. The van der Waals surface area contributed by atoms with Gasteiger partial charge in [-0.2, -0.15) is 5.10 Å². The molecule has 16 heavy (non-hydrogen) atoms. The highest BCUT2D eigenvalue weighted by atomic mass is 32.2. The lowest BCUT2D eigenvalue weighted by atomic mass is 10.4. The van der Waals surface area contributed by atoms with E-state index in [2.05, 4.69) is 17.3 Å². The van der Waals surface area contributed by atoms with Crippen molar-refractivity contribution in [1.82, 2.24) is 9.78 Å². The molecule has 1 unspecified atom stereocenters. The molecular weight excluding hydrogens is 224 g/mol. The second-order valence-corrected chi connectivity index (χ2v) is 5.33. The molecule has 1 aromatic rings. The minimum atomic E-state index is -0.782. The number of hydrogen-bond donors (Lipinski definition) is 2. The highest BCUT2D eigenvalue weighted by molar-refractivity contribution is 7.84. The molecule has 0 bridgehead atoms. The van der Waals surface area contributed by atoms with E-state index in [9.17, 15) is 4.21 Å². The van der Waals surface area contributed by atoms with Crippen LogP contribution in [0.2, 0.25) is 0 Å². The zero-order valence-corrected chi connectivity index (χ0v) is 10.9. The summed E-state index contributed by atoms with van der Waals surface area (Å²) in [5.41, 5.74) is 7.46. The van der Waals surface area contributed by atoms with Crippen LogP contribution in [0.25, 0.3) is 0 Å². The normalized spacial score (nSPS) is 12.7. The summed E-state index contributed by atoms with van der Waals surface area (Å²) in [7, 11) is -0.782. The van der Waals surface area contributed by atoms with Crippen molar-refractivity contribution in [2.75, 3.05) is 29.6 Å². The van der Waals surface area contributed by atoms with Gasteiger partial charge in [-0.3, -0.25) is 4.21 Å². The molecule has 5 nitrogen and oxygen atoms in total. The van der Waals surface area contributed by atoms with Crippen molar-refractivity contribution in [3.8, 4) is 0 Å². The third-order valence-corrected chi connectivity index (χ3v) is 3.07. The summed E-state index contributed by atoms with van der Waals surface area (Å²) in [5.74, 6) is 1.47. The van der Waals surface area contributed by atoms with Crippen LogP contribution in [0.1, 0.15) is 19.0 Å². The zero-order chi connectivity index (χ0) is 12.1. The third-order valence-electron chi connectivity index (χ3n) is 2.29. The van der Waals surface area contributed by atoms with Crippen LogP contribution in [0.15, 0.2) is 0 Å². The Balaban J connectivity index is 2.72. The van der Waals surface area contributed by atoms with E-state index in [1.54, 1.807) is 6.26 Å². The number of nitrogens with one attached hydrogen (secondary N) is 1. The second-order valence-electron chi connectivity index (χ2n) is 3.77. The van der Waals surface area contributed by atoms with Gasteiger partial charge in [-0.05, 0) is 13.3 Å². The van der Waals surface area contributed by atoms with Crippen LogP contribution in [0.4, 0.5) is 11.5 Å². The van der Waals surface area contributed by atoms with Crippen LogP contribution in [0.3, 0.4) is 0 Å². The lowest BCUT2D eigenvalue weighted by molar-refractivity contribution is 0.603. The number of aromatic nitrogens is 2. The monoisotopic (exact) mass is 244 g/mol. The van der Waals surface area contributed by atoms with Crippen molar-refractivity contribution in [2.24, 2.45) is 0 Å². The lowest BCUT2D eigenvalue weighted by Crippen LogP contribution is -2.14. The lowest BCUT2D eigenvalue weighted by Gasteiger charge is -2.09. The minimum absolute atomic E-state index is 0.621. The summed E-state index contributed by atoms with van der Waals surface area (Å²) in [6.45, 7) is 5.49. The fourth-order valence-corrected chi connectivity index (χ4v) is 1.86. The van der Waals surface area contributed by atoms with E-state index in [-0.39, 0.29) is 0 Å². The second kappa shape index (κ2) is 5.89. The molecule has 0 saturated heterocycles. The Morgan fingerprint density at radius 1 is 1.56 bits per heavy atom. The number of nitrogens with zero attached hydrogens (tertiary/aromatic N) is 2. The Morgan fingerprint density at radius 2 is 2.25 bits per heavy atom. The molecule has 0 fully saturated rings. The molecule has 6 heteroatoms. The van der Waals surface area contributed by atoms with Gasteiger partial charge in [0.05, 0.1) is 11.4 Å². The molecule has 3 N–H and O–H groups in total. The molecule has 0 amide bonds. The van der Waals surface area contributed by atoms with Crippen molar-refractivity contribution >= 4 is 22.3 Å². The third kappa shape index (κ3) is 3.23. The first-order chi connectivity index (χ1) is 7.56. The van der Waals surface area contributed by atoms with Crippen LogP contribution >= 0.6 is 0 Å². The standard InChI is InChI=1S/C10H20N4OS/c1-4-6-14-10(9(11)8(2)13-14)12-5-7-16(3)15/h12H,4-7,11H2,1-3H3. The highest BCUT2D eigenvalue weighted by Crippen LogP contribution is 2.22. The smallest absolute Gasteiger partial charge is 0.148 e. The average Bonchev–Trinajstić information content (AvgIpc) is 2.46. The van der Waals surface area contributed by atoms with Gasteiger partial charge in [0.2, 0.25) is 0 Å². The summed E-state index contributed by atoms with van der Waals surface area (Å²) in [4.78, 5) is 0. The molecule has 1 aromatic heterocycles. The summed E-state index contributed by atoms with van der Waals surface area (Å²) < 4.78 is 12.8. The number of rotatable bonds is 6. The van der Waals surface area contributed by atoms with Crippen molar-refractivity contribution in [3.63, 3.8) is 0 Å². The maximum atomic E-state index is 11.0. The van der Waals surface area contributed by atoms with Crippen molar-refractivity contribution in [2.45, 2.75) is 26.8 Å². The van der Waals surface area contributed by atoms with Gasteiger partial charge in [0.1, 0.15) is 5.82 Å². The van der Waals surface area contributed by atoms with Gasteiger partial charge in [-0.15, -0.1) is 0 Å². The number of aryl methyl sites for hydroxylation is 2. The van der Waals surface area contributed by atoms with E-state index < -0.39 is 10.8 Å². The van der Waals surface area contributed by atoms with E-state index in [1.807, 2.05) is 11.6 Å². The van der Waals surface area contributed by atoms with Crippen molar-refractivity contribution in [3.05, 3.63) is 5.69 Å². The van der Waals surface area contributed by atoms with Crippen LogP contribution in [0, 0.1) is 6.92 Å². The molecule has 92 valence electrons. The van der Waals surface area contributed by atoms with Crippen LogP contribution < -0.4 is 11.1 Å². The molecule has 1 heterocycles. The maximum Gasteiger partial charge on any atom is 0.148 e. The Bertz CT molecular complexity index is 375. The molecule has 0 saturated carbocycles. The van der Waals surface area contributed by atoms with Gasteiger partial charge in [0, 0.05) is 35.9 Å². The zero-order valence-electron chi connectivity index (χ0n) is 10.1. The summed E-state index contributed by atoms with van der Waals surface area (Å²) >= 11 is 0. The van der Waals surface area contributed by atoms with Crippen molar-refractivity contribution in [1.29, 1.82) is 0 Å². The first-order valence-electron chi connectivity index (χ1n) is 5.43. The number of nitrogens with two attached hydrogens (primary N) is 1. The summed E-state index contributed by atoms with van der Waals surface area (Å²) in [5, 5.41) is 7.55. The number of hydrogen-bond acceptors (Lipinski definition) is 4. The van der Waals surface area contributed by atoms with E-state index in [4.69, 9.17) is 5.73 Å². The van der Waals surface area contributed by atoms with Crippen LogP contribution in [-0.2, 0) is 17.3 Å². The van der Waals surface area contributed by atoms with Gasteiger partial charge in [0.15, 0.2) is 0 Å². The Kier molecular flexibility index (Phi) is 4.79. The van der Waals surface area contributed by atoms with E-state index in [1.165, 1.54) is 0 Å². The fourth-order valence-electron chi connectivity index (χ4n) is 1.47. The quantitative estimate of drug-likeness (QED) is 0.782. The summed E-state index contributed by atoms with van der Waals surface area (Å²) in [6, 6.07) is 0. The van der Waals surface area contributed by atoms with Gasteiger partial charge in [0.25, 0.3) is 0 Å². The van der Waals surface area contributed by atoms with Gasteiger partial charge >= 0.3 is 0 Å². The Labute approximate surface area is 98.9 Å². The molecule has 0 aromatic carbocycles. The molecule has 0 spiro atoms. The molecule has 0 radical (unpaired) electrons. The maximum absolute atomic E-state index is 11.0.